The first-order valence-corrected chi connectivity index (χ1v) is 9.56. The fraction of sp³-hybridized carbons (Fsp3) is 0.524. The number of rotatable bonds is 7. The highest BCUT2D eigenvalue weighted by Crippen LogP contribution is 2.29. The summed E-state index contributed by atoms with van der Waals surface area (Å²) in [7, 11) is 1.96. The van der Waals surface area contributed by atoms with Crippen LogP contribution in [0.15, 0.2) is 30.3 Å². The van der Waals surface area contributed by atoms with Crippen LogP contribution in [0, 0.1) is 13.8 Å². The van der Waals surface area contributed by atoms with Crippen molar-refractivity contribution in [3.8, 4) is 0 Å². The highest BCUT2D eigenvalue weighted by atomic mass is 16.2. The van der Waals surface area contributed by atoms with Crippen LogP contribution < -0.4 is 5.32 Å². The molecule has 1 heterocycles. The monoisotopic (exact) mass is 354 g/mol. The maximum absolute atomic E-state index is 12.9. The first-order valence-electron chi connectivity index (χ1n) is 9.56. The van der Waals surface area contributed by atoms with Crippen molar-refractivity contribution in [2.75, 3.05) is 0 Å². The highest BCUT2D eigenvalue weighted by Gasteiger charge is 2.34. The Bertz CT molecular complexity index is 749. The van der Waals surface area contributed by atoms with Gasteiger partial charge in [-0.25, -0.2) is 4.79 Å². The number of urea groups is 1. The number of nitrogens with one attached hydrogen (secondary N) is 1. The van der Waals surface area contributed by atoms with Crippen molar-refractivity contribution in [1.82, 2.24) is 20.0 Å². The molecule has 5 nitrogen and oxygen atoms in total. The van der Waals surface area contributed by atoms with Crippen LogP contribution in [0.4, 0.5) is 4.79 Å². The molecule has 2 amide bonds. The predicted octanol–water partition coefficient (Wildman–Crippen LogP) is 3.73. The Morgan fingerprint density at radius 2 is 2.00 bits per heavy atom. The van der Waals surface area contributed by atoms with Gasteiger partial charge in [0.15, 0.2) is 0 Å². The quantitative estimate of drug-likeness (QED) is 0.823. The molecule has 1 N–H and O–H groups in total. The lowest BCUT2D eigenvalue weighted by molar-refractivity contribution is 0.188. The zero-order valence-electron chi connectivity index (χ0n) is 16.3. The Hall–Kier alpha value is -2.30. The minimum atomic E-state index is 0.0516. The second-order valence-corrected chi connectivity index (χ2v) is 7.51. The molecule has 3 rings (SSSR count). The van der Waals surface area contributed by atoms with Crippen molar-refractivity contribution in [3.05, 3.63) is 52.8 Å². The number of nitrogens with zero attached hydrogens (tertiary/aromatic N) is 3. The molecule has 1 saturated carbocycles. The second kappa shape index (κ2) is 7.94. The molecule has 5 heteroatoms. The van der Waals surface area contributed by atoms with Gasteiger partial charge in [-0.15, -0.1) is 0 Å². The molecule has 2 aromatic rings. The number of aromatic nitrogens is 2. The van der Waals surface area contributed by atoms with E-state index >= 15 is 0 Å². The number of carbonyl (C=O) groups excluding carboxylic acids is 1. The van der Waals surface area contributed by atoms with Gasteiger partial charge in [0.05, 0.1) is 12.2 Å². The summed E-state index contributed by atoms with van der Waals surface area (Å²) in [5.74, 6) is 0. The Morgan fingerprint density at radius 1 is 1.31 bits per heavy atom. The number of benzene rings is 1. The average molecular weight is 354 g/mol. The van der Waals surface area contributed by atoms with Crippen LogP contribution in [0.3, 0.4) is 0 Å². The number of hydrogen-bond acceptors (Lipinski definition) is 2. The minimum Gasteiger partial charge on any atom is -0.336 e. The van der Waals surface area contributed by atoms with E-state index in [2.05, 4.69) is 48.5 Å². The Labute approximate surface area is 156 Å². The largest absolute Gasteiger partial charge is 0.336 e. The Kier molecular flexibility index (Phi) is 5.64. The van der Waals surface area contributed by atoms with E-state index in [0.717, 1.165) is 37.1 Å². The third-order valence-electron chi connectivity index (χ3n) is 5.31. The summed E-state index contributed by atoms with van der Waals surface area (Å²) in [6.07, 6.45) is 4.13. The molecule has 1 atom stereocenters. The molecule has 1 aliphatic carbocycles. The summed E-state index contributed by atoms with van der Waals surface area (Å²) >= 11 is 0. The summed E-state index contributed by atoms with van der Waals surface area (Å²) in [6, 6.07) is 11.0. The molecule has 0 unspecified atom stereocenters. The molecular weight excluding hydrogens is 324 g/mol. The Morgan fingerprint density at radius 3 is 2.58 bits per heavy atom. The van der Waals surface area contributed by atoms with Crippen LogP contribution >= 0.6 is 0 Å². The number of aryl methyl sites for hydroxylation is 3. The Balaban J connectivity index is 1.58. The van der Waals surface area contributed by atoms with Gasteiger partial charge >= 0.3 is 6.03 Å². The third-order valence-corrected chi connectivity index (χ3v) is 5.31. The molecule has 1 aliphatic rings. The third kappa shape index (κ3) is 4.45. The maximum atomic E-state index is 12.9. The highest BCUT2D eigenvalue weighted by molar-refractivity contribution is 5.75. The molecule has 1 fully saturated rings. The molecule has 0 saturated heterocycles. The lowest BCUT2D eigenvalue weighted by atomic mass is 10.1. The van der Waals surface area contributed by atoms with E-state index in [9.17, 15) is 4.79 Å². The van der Waals surface area contributed by atoms with E-state index in [-0.39, 0.29) is 12.1 Å². The SMILES string of the molecule is Cc1nn(C)c(C)c1CN(C(=O)N[C@@H](C)CCc1ccccc1)C1CC1. The van der Waals surface area contributed by atoms with Crippen LogP contribution in [0.25, 0.3) is 0 Å². The standard InChI is InChI=1S/C21H30N4O/c1-15(10-11-18-8-6-5-7-9-18)22-21(26)25(19-12-13-19)14-20-16(2)23-24(4)17(20)3/h5-9,15,19H,10-14H2,1-4H3,(H,22,26)/t15-/m0/s1. The molecule has 140 valence electrons. The van der Waals surface area contributed by atoms with Gasteiger partial charge in [-0.1, -0.05) is 30.3 Å². The molecule has 0 bridgehead atoms. The smallest absolute Gasteiger partial charge is 0.318 e. The fourth-order valence-electron chi connectivity index (χ4n) is 3.36. The van der Waals surface area contributed by atoms with Crippen molar-refractivity contribution in [3.63, 3.8) is 0 Å². The van der Waals surface area contributed by atoms with Gasteiger partial charge in [-0.3, -0.25) is 4.68 Å². The number of amides is 2. The maximum Gasteiger partial charge on any atom is 0.318 e. The lowest BCUT2D eigenvalue weighted by Crippen LogP contribution is -2.44. The lowest BCUT2D eigenvalue weighted by Gasteiger charge is -2.25. The zero-order chi connectivity index (χ0) is 18.7. The summed E-state index contributed by atoms with van der Waals surface area (Å²) in [5, 5.41) is 7.68. The summed E-state index contributed by atoms with van der Waals surface area (Å²) in [5.41, 5.74) is 4.64. The van der Waals surface area contributed by atoms with Gasteiger partial charge in [0.1, 0.15) is 0 Å². The molecule has 0 spiro atoms. The van der Waals surface area contributed by atoms with Crippen LogP contribution in [0.5, 0.6) is 0 Å². The van der Waals surface area contributed by atoms with Gasteiger partial charge in [0.2, 0.25) is 0 Å². The second-order valence-electron chi connectivity index (χ2n) is 7.51. The molecular formula is C21H30N4O. The van der Waals surface area contributed by atoms with Crippen molar-refractivity contribution in [2.45, 2.75) is 65.1 Å². The van der Waals surface area contributed by atoms with Gasteiger partial charge in [-0.05, 0) is 52.0 Å². The van der Waals surface area contributed by atoms with Crippen molar-refractivity contribution >= 4 is 6.03 Å². The van der Waals surface area contributed by atoms with Gasteiger partial charge in [-0.2, -0.15) is 5.10 Å². The van der Waals surface area contributed by atoms with Crippen molar-refractivity contribution in [2.24, 2.45) is 7.05 Å². The fourth-order valence-corrected chi connectivity index (χ4v) is 3.36. The molecule has 0 radical (unpaired) electrons. The molecule has 0 aliphatic heterocycles. The van der Waals surface area contributed by atoms with E-state index in [0.29, 0.717) is 12.6 Å². The first-order chi connectivity index (χ1) is 12.5. The van der Waals surface area contributed by atoms with Crippen LogP contribution in [0.1, 0.15) is 48.7 Å². The molecule has 1 aromatic carbocycles. The topological polar surface area (TPSA) is 50.2 Å². The molecule has 26 heavy (non-hydrogen) atoms. The summed E-state index contributed by atoms with van der Waals surface area (Å²) in [6.45, 7) is 6.83. The van der Waals surface area contributed by atoms with E-state index in [1.165, 1.54) is 11.1 Å². The van der Waals surface area contributed by atoms with E-state index < -0.39 is 0 Å². The van der Waals surface area contributed by atoms with Gasteiger partial charge in [0, 0.05) is 30.4 Å². The van der Waals surface area contributed by atoms with E-state index in [4.69, 9.17) is 0 Å². The number of hydrogen-bond donors (Lipinski definition) is 1. The first kappa shape index (κ1) is 18.5. The van der Waals surface area contributed by atoms with E-state index in [1.807, 2.05) is 29.6 Å². The van der Waals surface area contributed by atoms with Crippen LogP contribution in [-0.4, -0.2) is 32.8 Å². The van der Waals surface area contributed by atoms with E-state index in [1.54, 1.807) is 0 Å². The summed E-state index contributed by atoms with van der Waals surface area (Å²) in [4.78, 5) is 14.9. The molecule has 1 aromatic heterocycles. The predicted molar refractivity (Wildman–Crippen MR) is 104 cm³/mol. The van der Waals surface area contributed by atoms with Gasteiger partial charge < -0.3 is 10.2 Å². The number of carbonyl (C=O) groups is 1. The summed E-state index contributed by atoms with van der Waals surface area (Å²) < 4.78 is 1.90. The van der Waals surface area contributed by atoms with Crippen molar-refractivity contribution < 1.29 is 4.79 Å². The zero-order valence-corrected chi connectivity index (χ0v) is 16.3. The van der Waals surface area contributed by atoms with Gasteiger partial charge in [0.25, 0.3) is 0 Å². The van der Waals surface area contributed by atoms with Crippen LogP contribution in [0.2, 0.25) is 0 Å². The minimum absolute atomic E-state index is 0.0516. The normalized spacial score (nSPS) is 14.9. The van der Waals surface area contributed by atoms with Crippen molar-refractivity contribution in [1.29, 1.82) is 0 Å². The average Bonchev–Trinajstić information content (AvgIpc) is 3.42. The van der Waals surface area contributed by atoms with Crippen LogP contribution in [-0.2, 0) is 20.0 Å².